The second-order valence-corrected chi connectivity index (χ2v) is 8.83. The molecular weight excluding hydrogens is 252 g/mol. The molecule has 2 rings (SSSR count). The minimum atomic E-state index is 0.109. The Bertz CT molecular complexity index is 430. The predicted octanol–water partition coefficient (Wildman–Crippen LogP) is 4.58. The number of nitrogens with zero attached hydrogens (tertiary/aromatic N) is 1. The van der Waals surface area contributed by atoms with Crippen molar-refractivity contribution in [3.63, 3.8) is 0 Å². The highest BCUT2D eigenvalue weighted by molar-refractivity contribution is 7.11. The van der Waals surface area contributed by atoms with Crippen LogP contribution in [0.4, 0.5) is 0 Å². The number of hydrogen-bond donors (Lipinski definition) is 1. The Kier molecular flexibility index (Phi) is 4.08. The van der Waals surface area contributed by atoms with Crippen molar-refractivity contribution in [2.45, 2.75) is 78.2 Å². The molecule has 3 heteroatoms. The van der Waals surface area contributed by atoms with Gasteiger partial charge in [0.05, 0.1) is 10.7 Å². The molecule has 1 aliphatic rings. The van der Waals surface area contributed by atoms with Crippen LogP contribution in [0.25, 0.3) is 0 Å². The molecule has 0 atom stereocenters. The lowest BCUT2D eigenvalue weighted by Gasteiger charge is -2.33. The Labute approximate surface area is 121 Å². The van der Waals surface area contributed by atoms with E-state index in [0.717, 1.165) is 0 Å². The first-order valence-corrected chi connectivity index (χ1v) is 8.25. The van der Waals surface area contributed by atoms with E-state index in [1.165, 1.54) is 41.3 Å². The highest BCUT2D eigenvalue weighted by atomic mass is 32.1. The normalized spacial score (nSPS) is 20.7. The minimum Gasteiger partial charge on any atom is -0.326 e. The lowest BCUT2D eigenvalue weighted by atomic mass is 9.73. The van der Waals surface area contributed by atoms with Crippen LogP contribution < -0.4 is 5.73 Å². The standard InChI is InChI=1S/C16H28N2S/c1-15(2,3)13-12(10-17)19-14(18-13)11-6-8-16(4,5)9-7-11/h11H,6-10,17H2,1-5H3. The molecule has 108 valence electrons. The van der Waals surface area contributed by atoms with Crippen LogP contribution in [-0.2, 0) is 12.0 Å². The van der Waals surface area contributed by atoms with Crippen LogP contribution in [0.15, 0.2) is 0 Å². The Morgan fingerprint density at radius 1 is 1.26 bits per heavy atom. The van der Waals surface area contributed by atoms with E-state index >= 15 is 0 Å². The Morgan fingerprint density at radius 3 is 2.26 bits per heavy atom. The maximum absolute atomic E-state index is 5.90. The highest BCUT2D eigenvalue weighted by Gasteiger charge is 2.31. The first kappa shape index (κ1) is 15.0. The molecule has 0 aromatic carbocycles. The fourth-order valence-corrected chi connectivity index (χ4v) is 4.24. The van der Waals surface area contributed by atoms with Crippen molar-refractivity contribution in [2.24, 2.45) is 11.1 Å². The van der Waals surface area contributed by atoms with Crippen LogP contribution in [0, 0.1) is 5.41 Å². The van der Waals surface area contributed by atoms with Gasteiger partial charge in [0.2, 0.25) is 0 Å². The molecule has 2 N–H and O–H groups in total. The Morgan fingerprint density at radius 2 is 1.84 bits per heavy atom. The molecule has 2 nitrogen and oxygen atoms in total. The summed E-state index contributed by atoms with van der Waals surface area (Å²) in [4.78, 5) is 6.25. The van der Waals surface area contributed by atoms with Gasteiger partial charge in [-0.1, -0.05) is 34.6 Å². The molecule has 0 amide bonds. The van der Waals surface area contributed by atoms with E-state index in [1.807, 2.05) is 11.3 Å². The van der Waals surface area contributed by atoms with Gasteiger partial charge in [-0.05, 0) is 31.1 Å². The third kappa shape index (κ3) is 3.38. The second-order valence-electron chi connectivity index (χ2n) is 7.72. The van der Waals surface area contributed by atoms with Crippen molar-refractivity contribution >= 4 is 11.3 Å². The number of rotatable bonds is 2. The van der Waals surface area contributed by atoms with E-state index in [-0.39, 0.29) is 5.41 Å². The topological polar surface area (TPSA) is 38.9 Å². The van der Waals surface area contributed by atoms with E-state index in [2.05, 4.69) is 34.6 Å². The van der Waals surface area contributed by atoms with Gasteiger partial charge in [-0.25, -0.2) is 4.98 Å². The molecule has 0 saturated heterocycles. The maximum atomic E-state index is 5.90. The Hall–Kier alpha value is -0.410. The van der Waals surface area contributed by atoms with Gasteiger partial charge in [0.25, 0.3) is 0 Å². The van der Waals surface area contributed by atoms with Crippen molar-refractivity contribution < 1.29 is 0 Å². The van der Waals surface area contributed by atoms with Crippen molar-refractivity contribution in [1.29, 1.82) is 0 Å². The van der Waals surface area contributed by atoms with E-state index in [0.29, 0.717) is 17.9 Å². The van der Waals surface area contributed by atoms with Gasteiger partial charge in [-0.3, -0.25) is 0 Å². The molecule has 0 spiro atoms. The van der Waals surface area contributed by atoms with Gasteiger partial charge < -0.3 is 5.73 Å². The quantitative estimate of drug-likeness (QED) is 0.861. The summed E-state index contributed by atoms with van der Waals surface area (Å²) in [6.45, 7) is 12.1. The molecule has 0 aliphatic heterocycles. The molecule has 19 heavy (non-hydrogen) atoms. The highest BCUT2D eigenvalue weighted by Crippen LogP contribution is 2.44. The third-order valence-corrected chi connectivity index (χ3v) is 5.54. The molecular formula is C16H28N2S. The van der Waals surface area contributed by atoms with Crippen molar-refractivity contribution in [1.82, 2.24) is 4.98 Å². The predicted molar refractivity (Wildman–Crippen MR) is 83.7 cm³/mol. The van der Waals surface area contributed by atoms with E-state index < -0.39 is 0 Å². The van der Waals surface area contributed by atoms with Gasteiger partial charge >= 0.3 is 0 Å². The van der Waals surface area contributed by atoms with Crippen LogP contribution >= 0.6 is 11.3 Å². The first-order valence-electron chi connectivity index (χ1n) is 7.43. The van der Waals surface area contributed by atoms with E-state index in [9.17, 15) is 0 Å². The molecule has 1 aliphatic carbocycles. The molecule has 1 fully saturated rings. The number of thiazole rings is 1. The van der Waals surface area contributed by atoms with Gasteiger partial charge in [0.15, 0.2) is 0 Å². The smallest absolute Gasteiger partial charge is 0.0962 e. The maximum Gasteiger partial charge on any atom is 0.0962 e. The molecule has 0 unspecified atom stereocenters. The average Bonchev–Trinajstić information content (AvgIpc) is 2.72. The van der Waals surface area contributed by atoms with Gasteiger partial charge in [0, 0.05) is 22.8 Å². The van der Waals surface area contributed by atoms with Gasteiger partial charge in [-0.15, -0.1) is 11.3 Å². The summed E-state index contributed by atoms with van der Waals surface area (Å²) in [6.07, 6.45) is 5.21. The monoisotopic (exact) mass is 280 g/mol. The van der Waals surface area contributed by atoms with E-state index in [4.69, 9.17) is 10.7 Å². The summed E-state index contributed by atoms with van der Waals surface area (Å²) < 4.78 is 0. The SMILES string of the molecule is CC1(C)CCC(c2nc(C(C)(C)C)c(CN)s2)CC1. The fourth-order valence-electron chi connectivity index (χ4n) is 2.92. The summed E-state index contributed by atoms with van der Waals surface area (Å²) in [5.41, 5.74) is 7.76. The fraction of sp³-hybridized carbons (Fsp3) is 0.812. The van der Waals surface area contributed by atoms with Crippen molar-refractivity contribution in [2.75, 3.05) is 0 Å². The van der Waals surface area contributed by atoms with Crippen LogP contribution in [0.5, 0.6) is 0 Å². The van der Waals surface area contributed by atoms with Crippen molar-refractivity contribution in [3.05, 3.63) is 15.6 Å². The zero-order valence-corrected chi connectivity index (χ0v) is 13.9. The summed E-state index contributed by atoms with van der Waals surface area (Å²) in [7, 11) is 0. The van der Waals surface area contributed by atoms with Crippen molar-refractivity contribution in [3.8, 4) is 0 Å². The van der Waals surface area contributed by atoms with Gasteiger partial charge in [0.1, 0.15) is 0 Å². The lowest BCUT2D eigenvalue weighted by molar-refractivity contribution is 0.224. The van der Waals surface area contributed by atoms with Crippen LogP contribution in [0.2, 0.25) is 0 Å². The summed E-state index contributed by atoms with van der Waals surface area (Å²) in [6, 6.07) is 0. The molecule has 1 aromatic rings. The number of nitrogens with two attached hydrogens (primary N) is 1. The summed E-state index contributed by atoms with van der Waals surface area (Å²) >= 11 is 1.86. The van der Waals surface area contributed by atoms with Crippen LogP contribution in [0.1, 0.15) is 81.8 Å². The zero-order chi connectivity index (χ0) is 14.3. The lowest BCUT2D eigenvalue weighted by Crippen LogP contribution is -2.20. The molecule has 0 radical (unpaired) electrons. The zero-order valence-electron chi connectivity index (χ0n) is 13.0. The van der Waals surface area contributed by atoms with Gasteiger partial charge in [-0.2, -0.15) is 0 Å². The minimum absolute atomic E-state index is 0.109. The largest absolute Gasteiger partial charge is 0.326 e. The second kappa shape index (κ2) is 5.17. The number of hydrogen-bond acceptors (Lipinski definition) is 3. The molecule has 1 saturated carbocycles. The first-order chi connectivity index (χ1) is 8.73. The third-order valence-electron chi connectivity index (χ3n) is 4.30. The average molecular weight is 280 g/mol. The Balaban J connectivity index is 2.20. The van der Waals surface area contributed by atoms with E-state index in [1.54, 1.807) is 0 Å². The summed E-state index contributed by atoms with van der Waals surface area (Å²) in [5, 5.41) is 1.33. The van der Waals surface area contributed by atoms with Crippen LogP contribution in [0.3, 0.4) is 0 Å². The molecule has 0 bridgehead atoms. The molecule has 1 aromatic heterocycles. The summed E-state index contributed by atoms with van der Waals surface area (Å²) in [5.74, 6) is 0.666. The van der Waals surface area contributed by atoms with Crippen LogP contribution in [-0.4, -0.2) is 4.98 Å². The number of aromatic nitrogens is 1. The molecule has 1 heterocycles.